The minimum atomic E-state index is -0.192. The van der Waals surface area contributed by atoms with Crippen molar-refractivity contribution >= 4 is 5.91 Å². The lowest BCUT2D eigenvalue weighted by Gasteiger charge is -2.10. The Bertz CT molecular complexity index is 859. The van der Waals surface area contributed by atoms with Crippen LogP contribution >= 0.6 is 0 Å². The molecule has 0 aliphatic heterocycles. The number of hydrogen-bond acceptors (Lipinski definition) is 4. The van der Waals surface area contributed by atoms with Crippen molar-refractivity contribution in [1.29, 1.82) is 0 Å². The summed E-state index contributed by atoms with van der Waals surface area (Å²) in [6.45, 7) is 0.374. The molecule has 0 saturated carbocycles. The van der Waals surface area contributed by atoms with Gasteiger partial charge in [0, 0.05) is 12.1 Å². The summed E-state index contributed by atoms with van der Waals surface area (Å²) in [4.78, 5) is 12.5. The minimum Gasteiger partial charge on any atom is -0.493 e. The first-order valence-electron chi connectivity index (χ1n) is 7.81. The van der Waals surface area contributed by atoms with Crippen molar-refractivity contribution in [3.05, 3.63) is 65.9 Å². The topological polar surface area (TPSA) is 76.2 Å². The van der Waals surface area contributed by atoms with Crippen molar-refractivity contribution in [1.82, 2.24) is 15.5 Å². The van der Waals surface area contributed by atoms with Gasteiger partial charge in [-0.05, 0) is 17.7 Å². The molecule has 25 heavy (non-hydrogen) atoms. The van der Waals surface area contributed by atoms with Gasteiger partial charge in [-0.1, -0.05) is 36.4 Å². The van der Waals surface area contributed by atoms with Crippen molar-refractivity contribution in [2.75, 3.05) is 14.2 Å². The van der Waals surface area contributed by atoms with Crippen molar-refractivity contribution in [2.24, 2.45) is 0 Å². The normalized spacial score (nSPS) is 10.3. The van der Waals surface area contributed by atoms with Crippen molar-refractivity contribution in [3.63, 3.8) is 0 Å². The number of H-pyrrole nitrogens is 1. The molecule has 6 heteroatoms. The van der Waals surface area contributed by atoms with Crippen molar-refractivity contribution < 1.29 is 14.3 Å². The summed E-state index contributed by atoms with van der Waals surface area (Å²) in [5.74, 6) is 1.09. The van der Waals surface area contributed by atoms with Crippen LogP contribution in [0.2, 0.25) is 0 Å². The second kappa shape index (κ2) is 7.53. The van der Waals surface area contributed by atoms with Crippen molar-refractivity contribution in [2.45, 2.75) is 6.54 Å². The molecule has 3 aromatic rings. The SMILES string of the molecule is COc1ccc(CNC(=O)c2cn[nH]c2-c2ccccc2)cc1OC. The maximum atomic E-state index is 12.5. The van der Waals surface area contributed by atoms with Crippen LogP contribution in [0.25, 0.3) is 11.3 Å². The monoisotopic (exact) mass is 337 g/mol. The fourth-order valence-electron chi connectivity index (χ4n) is 2.55. The van der Waals surface area contributed by atoms with Gasteiger partial charge in [0.1, 0.15) is 0 Å². The van der Waals surface area contributed by atoms with Crippen LogP contribution in [0.5, 0.6) is 11.5 Å². The highest BCUT2D eigenvalue weighted by molar-refractivity contribution is 5.99. The van der Waals surface area contributed by atoms with E-state index in [1.807, 2.05) is 48.5 Å². The molecule has 0 fully saturated rings. The largest absolute Gasteiger partial charge is 0.493 e. The van der Waals surface area contributed by atoms with Crippen LogP contribution in [0, 0.1) is 0 Å². The summed E-state index contributed by atoms with van der Waals surface area (Å²) < 4.78 is 10.5. The molecule has 0 bridgehead atoms. The first-order chi connectivity index (χ1) is 12.2. The van der Waals surface area contributed by atoms with Gasteiger partial charge in [0.25, 0.3) is 5.91 Å². The molecule has 0 radical (unpaired) electrons. The zero-order valence-corrected chi connectivity index (χ0v) is 14.1. The number of rotatable bonds is 6. The van der Waals surface area contributed by atoms with Gasteiger partial charge in [0.05, 0.1) is 31.7 Å². The number of carbonyl (C=O) groups is 1. The van der Waals surface area contributed by atoms with Crippen LogP contribution in [0.4, 0.5) is 0 Å². The van der Waals surface area contributed by atoms with E-state index >= 15 is 0 Å². The van der Waals surface area contributed by atoms with Gasteiger partial charge in [-0.25, -0.2) is 0 Å². The predicted octanol–water partition coefficient (Wildman–Crippen LogP) is 3.02. The first-order valence-corrected chi connectivity index (χ1v) is 7.81. The van der Waals surface area contributed by atoms with Crippen LogP contribution in [0.15, 0.2) is 54.7 Å². The number of amides is 1. The van der Waals surface area contributed by atoms with E-state index in [-0.39, 0.29) is 5.91 Å². The molecule has 1 heterocycles. The number of aromatic nitrogens is 2. The van der Waals surface area contributed by atoms with E-state index < -0.39 is 0 Å². The van der Waals surface area contributed by atoms with Crippen LogP contribution < -0.4 is 14.8 Å². The Morgan fingerprint density at radius 2 is 1.84 bits per heavy atom. The number of benzene rings is 2. The second-order valence-electron chi connectivity index (χ2n) is 5.40. The molecule has 0 atom stereocenters. The number of carbonyl (C=O) groups excluding carboxylic acids is 1. The predicted molar refractivity (Wildman–Crippen MR) is 94.7 cm³/mol. The highest BCUT2D eigenvalue weighted by Gasteiger charge is 2.15. The Kier molecular flexibility index (Phi) is 4.99. The Labute approximate surface area is 145 Å². The number of ether oxygens (including phenoxy) is 2. The fourth-order valence-corrected chi connectivity index (χ4v) is 2.55. The Hall–Kier alpha value is -3.28. The van der Waals surface area contributed by atoms with E-state index in [4.69, 9.17) is 9.47 Å². The van der Waals surface area contributed by atoms with E-state index in [0.717, 1.165) is 11.1 Å². The van der Waals surface area contributed by atoms with Crippen LogP contribution in [0.1, 0.15) is 15.9 Å². The quantitative estimate of drug-likeness (QED) is 0.725. The average Bonchev–Trinajstić information content (AvgIpc) is 3.16. The zero-order valence-electron chi connectivity index (χ0n) is 14.1. The van der Waals surface area contributed by atoms with E-state index in [1.165, 1.54) is 6.20 Å². The molecule has 0 aliphatic carbocycles. The highest BCUT2D eigenvalue weighted by Crippen LogP contribution is 2.27. The fraction of sp³-hybridized carbons (Fsp3) is 0.158. The average molecular weight is 337 g/mol. The zero-order chi connectivity index (χ0) is 17.6. The molecule has 0 unspecified atom stereocenters. The van der Waals surface area contributed by atoms with Gasteiger partial charge in [-0.2, -0.15) is 5.10 Å². The summed E-state index contributed by atoms with van der Waals surface area (Å²) >= 11 is 0. The minimum absolute atomic E-state index is 0.192. The third kappa shape index (κ3) is 3.63. The third-order valence-corrected chi connectivity index (χ3v) is 3.85. The molecule has 3 rings (SSSR count). The molecule has 2 N–H and O–H groups in total. The first kappa shape index (κ1) is 16.6. The second-order valence-corrected chi connectivity index (χ2v) is 5.40. The lowest BCUT2D eigenvalue weighted by atomic mass is 10.1. The van der Waals surface area contributed by atoms with E-state index in [9.17, 15) is 4.79 Å². The van der Waals surface area contributed by atoms with Crippen LogP contribution in [0.3, 0.4) is 0 Å². The molecule has 6 nitrogen and oxygen atoms in total. The Morgan fingerprint density at radius 1 is 1.08 bits per heavy atom. The maximum Gasteiger partial charge on any atom is 0.255 e. The van der Waals surface area contributed by atoms with E-state index in [2.05, 4.69) is 15.5 Å². The van der Waals surface area contributed by atoms with Gasteiger partial charge in [-0.3, -0.25) is 9.89 Å². The number of aromatic amines is 1. The molecule has 0 spiro atoms. The highest BCUT2D eigenvalue weighted by atomic mass is 16.5. The Balaban J connectivity index is 1.73. The molecule has 1 aromatic heterocycles. The summed E-state index contributed by atoms with van der Waals surface area (Å²) in [6, 6.07) is 15.2. The summed E-state index contributed by atoms with van der Waals surface area (Å²) in [5, 5.41) is 9.79. The molecule has 128 valence electrons. The van der Waals surface area contributed by atoms with Crippen molar-refractivity contribution in [3.8, 4) is 22.8 Å². The number of methoxy groups -OCH3 is 2. The molecular formula is C19H19N3O3. The molecule has 0 aliphatic rings. The van der Waals surface area contributed by atoms with E-state index in [0.29, 0.717) is 29.3 Å². The molecular weight excluding hydrogens is 318 g/mol. The van der Waals surface area contributed by atoms with Gasteiger partial charge in [0.15, 0.2) is 11.5 Å². The summed E-state index contributed by atoms with van der Waals surface area (Å²) in [7, 11) is 3.17. The number of nitrogens with zero attached hydrogens (tertiary/aromatic N) is 1. The summed E-state index contributed by atoms with van der Waals surface area (Å²) in [5.41, 5.74) is 3.03. The van der Waals surface area contributed by atoms with Gasteiger partial charge in [-0.15, -0.1) is 0 Å². The number of hydrogen-bond donors (Lipinski definition) is 2. The number of nitrogens with one attached hydrogen (secondary N) is 2. The third-order valence-electron chi connectivity index (χ3n) is 3.85. The molecule has 2 aromatic carbocycles. The van der Waals surface area contributed by atoms with Gasteiger partial charge >= 0.3 is 0 Å². The Morgan fingerprint density at radius 3 is 2.56 bits per heavy atom. The van der Waals surface area contributed by atoms with Crippen LogP contribution in [-0.4, -0.2) is 30.3 Å². The van der Waals surface area contributed by atoms with E-state index in [1.54, 1.807) is 14.2 Å². The standard InChI is InChI=1S/C19H19N3O3/c1-24-16-9-8-13(10-17(16)25-2)11-20-19(23)15-12-21-22-18(15)14-6-4-3-5-7-14/h3-10,12H,11H2,1-2H3,(H,20,23)(H,21,22). The maximum absolute atomic E-state index is 12.5. The van der Waals surface area contributed by atoms with Gasteiger partial charge in [0.2, 0.25) is 0 Å². The van der Waals surface area contributed by atoms with Crippen LogP contribution in [-0.2, 0) is 6.54 Å². The molecule has 0 saturated heterocycles. The lowest BCUT2D eigenvalue weighted by molar-refractivity contribution is 0.0951. The lowest BCUT2D eigenvalue weighted by Crippen LogP contribution is -2.23. The summed E-state index contributed by atoms with van der Waals surface area (Å²) in [6.07, 6.45) is 1.53. The molecule has 1 amide bonds. The smallest absolute Gasteiger partial charge is 0.255 e. The van der Waals surface area contributed by atoms with Gasteiger partial charge < -0.3 is 14.8 Å².